The van der Waals surface area contributed by atoms with Gasteiger partial charge >= 0.3 is 5.97 Å². The van der Waals surface area contributed by atoms with Crippen molar-refractivity contribution >= 4 is 12.7 Å². The molecule has 15 heavy (non-hydrogen) atoms. The Morgan fingerprint density at radius 2 is 2.07 bits per heavy atom. The Morgan fingerprint density at radius 1 is 1.47 bits per heavy atom. The first-order valence-corrected chi connectivity index (χ1v) is 4.65. The maximum absolute atomic E-state index is 10.7. The summed E-state index contributed by atoms with van der Waals surface area (Å²) in [6, 6.07) is 6.60. The SMILES string of the molecule is C=NOCc1ccccc1C(=O)O.CC. The van der Waals surface area contributed by atoms with E-state index in [9.17, 15) is 4.79 Å². The molecule has 0 aliphatic rings. The normalized spacial score (nSPS) is 8.40. The van der Waals surface area contributed by atoms with Gasteiger partial charge in [0.15, 0.2) is 0 Å². The van der Waals surface area contributed by atoms with Crippen LogP contribution in [-0.4, -0.2) is 17.8 Å². The van der Waals surface area contributed by atoms with E-state index < -0.39 is 5.97 Å². The molecular weight excluding hydrogens is 194 g/mol. The van der Waals surface area contributed by atoms with Gasteiger partial charge in [-0.15, -0.1) is 5.16 Å². The van der Waals surface area contributed by atoms with Gasteiger partial charge in [-0.25, -0.2) is 4.79 Å². The molecule has 0 aliphatic heterocycles. The van der Waals surface area contributed by atoms with Crippen LogP contribution in [0.5, 0.6) is 0 Å². The van der Waals surface area contributed by atoms with Crippen molar-refractivity contribution < 1.29 is 14.7 Å². The topological polar surface area (TPSA) is 58.9 Å². The van der Waals surface area contributed by atoms with Crippen molar-refractivity contribution in [3.05, 3.63) is 35.4 Å². The number of carboxylic acids is 1. The van der Waals surface area contributed by atoms with Gasteiger partial charge in [-0.1, -0.05) is 32.0 Å². The zero-order chi connectivity index (χ0) is 11.7. The van der Waals surface area contributed by atoms with Crippen LogP contribution in [0.4, 0.5) is 0 Å². The molecule has 4 heteroatoms. The highest BCUT2D eigenvalue weighted by Crippen LogP contribution is 2.09. The van der Waals surface area contributed by atoms with Crippen LogP contribution < -0.4 is 0 Å². The summed E-state index contributed by atoms with van der Waals surface area (Å²) in [4.78, 5) is 15.3. The number of hydrogen-bond acceptors (Lipinski definition) is 3. The van der Waals surface area contributed by atoms with Crippen LogP contribution in [0, 0.1) is 0 Å². The minimum absolute atomic E-state index is 0.131. The second kappa shape index (κ2) is 7.55. The van der Waals surface area contributed by atoms with Crippen molar-refractivity contribution in [2.45, 2.75) is 20.5 Å². The van der Waals surface area contributed by atoms with E-state index in [0.717, 1.165) is 0 Å². The van der Waals surface area contributed by atoms with Crippen LogP contribution in [0.25, 0.3) is 0 Å². The Hall–Kier alpha value is -1.84. The first kappa shape index (κ1) is 13.2. The molecule has 4 nitrogen and oxygen atoms in total. The predicted molar refractivity (Wildman–Crippen MR) is 59.1 cm³/mol. The summed E-state index contributed by atoms with van der Waals surface area (Å²) in [7, 11) is 0. The van der Waals surface area contributed by atoms with Gasteiger partial charge < -0.3 is 9.94 Å². The molecule has 0 fully saturated rings. The number of aromatic carboxylic acids is 1. The van der Waals surface area contributed by atoms with Gasteiger partial charge in [0.1, 0.15) is 6.61 Å². The van der Waals surface area contributed by atoms with Gasteiger partial charge in [0.05, 0.1) is 5.56 Å². The average molecular weight is 209 g/mol. The summed E-state index contributed by atoms with van der Waals surface area (Å²) in [6.07, 6.45) is 0. The van der Waals surface area contributed by atoms with Crippen LogP contribution in [-0.2, 0) is 11.4 Å². The van der Waals surface area contributed by atoms with Crippen LogP contribution in [0.2, 0.25) is 0 Å². The lowest BCUT2D eigenvalue weighted by Gasteiger charge is -2.03. The predicted octanol–water partition coefficient (Wildman–Crippen LogP) is 2.54. The zero-order valence-electron chi connectivity index (χ0n) is 8.93. The van der Waals surface area contributed by atoms with Crippen molar-refractivity contribution in [3.63, 3.8) is 0 Å². The lowest BCUT2D eigenvalue weighted by atomic mass is 10.1. The molecule has 0 radical (unpaired) electrons. The molecular formula is C11H15NO3. The molecule has 0 heterocycles. The van der Waals surface area contributed by atoms with E-state index in [1.807, 2.05) is 13.8 Å². The number of benzene rings is 1. The number of hydrogen-bond donors (Lipinski definition) is 1. The van der Waals surface area contributed by atoms with Gasteiger partial charge in [-0.2, -0.15) is 0 Å². The standard InChI is InChI=1S/C9H9NO3.C2H6/c1-10-13-6-7-4-2-3-5-8(7)9(11)12;1-2/h2-5H,1,6H2,(H,11,12);1-2H3. The third-order valence-electron chi connectivity index (χ3n) is 1.56. The Morgan fingerprint density at radius 3 is 2.60 bits per heavy atom. The van der Waals surface area contributed by atoms with Gasteiger partial charge in [0.2, 0.25) is 0 Å². The minimum Gasteiger partial charge on any atom is -0.478 e. The van der Waals surface area contributed by atoms with Crippen LogP contribution in [0.1, 0.15) is 29.8 Å². The zero-order valence-corrected chi connectivity index (χ0v) is 8.93. The maximum atomic E-state index is 10.7. The van der Waals surface area contributed by atoms with Crippen LogP contribution in [0.3, 0.4) is 0 Å². The molecule has 0 aliphatic carbocycles. The van der Waals surface area contributed by atoms with E-state index in [4.69, 9.17) is 5.11 Å². The van der Waals surface area contributed by atoms with Crippen molar-refractivity contribution in [2.75, 3.05) is 0 Å². The van der Waals surface area contributed by atoms with Gasteiger partial charge in [-0.05, 0) is 6.07 Å². The molecule has 1 aromatic carbocycles. The summed E-state index contributed by atoms with van der Waals surface area (Å²) in [6.45, 7) is 7.26. The van der Waals surface area contributed by atoms with Crippen molar-refractivity contribution in [2.24, 2.45) is 5.16 Å². The summed E-state index contributed by atoms with van der Waals surface area (Å²) < 4.78 is 0. The summed E-state index contributed by atoms with van der Waals surface area (Å²) >= 11 is 0. The quantitative estimate of drug-likeness (QED) is 0.612. The Balaban J connectivity index is 0.000000921. The van der Waals surface area contributed by atoms with E-state index in [2.05, 4.69) is 16.7 Å². The third kappa shape index (κ3) is 4.26. The van der Waals surface area contributed by atoms with Crippen molar-refractivity contribution in [1.82, 2.24) is 0 Å². The van der Waals surface area contributed by atoms with Crippen LogP contribution >= 0.6 is 0 Å². The fourth-order valence-electron chi connectivity index (χ4n) is 0.970. The number of oxime groups is 1. The highest BCUT2D eigenvalue weighted by atomic mass is 16.6. The fraction of sp³-hybridized carbons (Fsp3) is 0.273. The monoisotopic (exact) mass is 209 g/mol. The first-order chi connectivity index (χ1) is 7.25. The summed E-state index contributed by atoms with van der Waals surface area (Å²) in [5, 5.41) is 12.0. The molecule has 1 rings (SSSR count). The number of carboxylic acid groups (broad SMARTS) is 1. The van der Waals surface area contributed by atoms with Gasteiger partial charge in [0, 0.05) is 12.3 Å². The van der Waals surface area contributed by atoms with Crippen molar-refractivity contribution in [1.29, 1.82) is 0 Å². The third-order valence-corrected chi connectivity index (χ3v) is 1.56. The molecule has 0 saturated carbocycles. The summed E-state index contributed by atoms with van der Waals surface area (Å²) in [5.74, 6) is -0.969. The lowest BCUT2D eigenvalue weighted by molar-refractivity contribution is 0.0688. The summed E-state index contributed by atoms with van der Waals surface area (Å²) in [5.41, 5.74) is 0.813. The first-order valence-electron chi connectivity index (χ1n) is 4.65. The largest absolute Gasteiger partial charge is 0.478 e. The van der Waals surface area contributed by atoms with E-state index in [0.29, 0.717) is 5.56 Å². The smallest absolute Gasteiger partial charge is 0.336 e. The highest BCUT2D eigenvalue weighted by Gasteiger charge is 2.08. The molecule has 82 valence electrons. The van der Waals surface area contributed by atoms with E-state index in [1.54, 1.807) is 18.2 Å². The fourth-order valence-corrected chi connectivity index (χ4v) is 0.970. The molecule has 0 spiro atoms. The highest BCUT2D eigenvalue weighted by molar-refractivity contribution is 5.89. The molecule has 1 aromatic rings. The molecule has 0 aromatic heterocycles. The molecule has 0 unspecified atom stereocenters. The van der Waals surface area contributed by atoms with Gasteiger partial charge in [-0.3, -0.25) is 0 Å². The van der Waals surface area contributed by atoms with Crippen LogP contribution in [0.15, 0.2) is 29.4 Å². The van der Waals surface area contributed by atoms with E-state index >= 15 is 0 Å². The van der Waals surface area contributed by atoms with E-state index in [1.165, 1.54) is 6.07 Å². The Bertz CT molecular complexity index is 323. The number of carbonyl (C=O) groups is 1. The average Bonchev–Trinajstić information content (AvgIpc) is 2.29. The second-order valence-electron chi connectivity index (χ2n) is 2.36. The minimum atomic E-state index is -0.969. The van der Waals surface area contributed by atoms with E-state index in [-0.39, 0.29) is 12.2 Å². The lowest BCUT2D eigenvalue weighted by Crippen LogP contribution is -2.02. The number of rotatable bonds is 4. The molecule has 1 N–H and O–H groups in total. The Labute approximate surface area is 89.2 Å². The molecule has 0 bridgehead atoms. The van der Waals surface area contributed by atoms with Crippen molar-refractivity contribution in [3.8, 4) is 0 Å². The van der Waals surface area contributed by atoms with Gasteiger partial charge in [0.25, 0.3) is 0 Å². The molecule has 0 amide bonds. The molecule has 0 atom stereocenters. The maximum Gasteiger partial charge on any atom is 0.336 e. The number of nitrogens with zero attached hydrogens (tertiary/aromatic N) is 1. The second-order valence-corrected chi connectivity index (χ2v) is 2.36. The molecule has 0 saturated heterocycles. The Kier molecular flexibility index (Phi) is 6.63.